The monoisotopic (exact) mass is 288 g/mol. The van der Waals surface area contributed by atoms with Crippen LogP contribution in [0.25, 0.3) is 0 Å². The van der Waals surface area contributed by atoms with Gasteiger partial charge in [0.05, 0.1) is 16.8 Å². The minimum absolute atomic E-state index is 0.0673. The van der Waals surface area contributed by atoms with Crippen molar-refractivity contribution in [2.45, 2.75) is 6.10 Å². The van der Waals surface area contributed by atoms with E-state index in [2.05, 4.69) is 26.6 Å². The number of rotatable bonds is 3. The van der Waals surface area contributed by atoms with Crippen molar-refractivity contribution in [2.24, 2.45) is 5.92 Å². The van der Waals surface area contributed by atoms with E-state index in [0.717, 1.165) is 6.54 Å². The van der Waals surface area contributed by atoms with Crippen LogP contribution in [0.3, 0.4) is 0 Å². The molecule has 2 heterocycles. The first-order valence-electron chi connectivity index (χ1n) is 5.08. The van der Waals surface area contributed by atoms with E-state index in [1.807, 2.05) is 0 Å². The lowest BCUT2D eigenvalue weighted by molar-refractivity contribution is 0.0899. The van der Waals surface area contributed by atoms with Crippen molar-refractivity contribution >= 4 is 21.8 Å². The van der Waals surface area contributed by atoms with Crippen molar-refractivity contribution in [1.82, 2.24) is 10.6 Å². The predicted octanol–water partition coefficient (Wildman–Crippen LogP) is 0.352. The number of hydrogen-bond acceptors (Lipinski definition) is 4. The zero-order chi connectivity index (χ0) is 11.5. The summed E-state index contributed by atoms with van der Waals surface area (Å²) in [5, 5.41) is 15.3. The van der Waals surface area contributed by atoms with Crippen LogP contribution < -0.4 is 10.6 Å². The van der Waals surface area contributed by atoms with Crippen LogP contribution in [-0.4, -0.2) is 36.8 Å². The third kappa shape index (κ3) is 2.45. The van der Waals surface area contributed by atoms with Crippen molar-refractivity contribution in [1.29, 1.82) is 0 Å². The number of halogens is 1. The third-order valence-corrected chi connectivity index (χ3v) is 3.28. The molecule has 2 atom stereocenters. The zero-order valence-electron chi connectivity index (χ0n) is 8.57. The fraction of sp³-hybridized carbons (Fsp3) is 0.500. The molecule has 2 rings (SSSR count). The van der Waals surface area contributed by atoms with Gasteiger partial charge in [0, 0.05) is 25.6 Å². The maximum atomic E-state index is 11.7. The number of aliphatic hydroxyl groups excluding tert-OH is 1. The number of amides is 1. The molecular weight excluding hydrogens is 276 g/mol. The van der Waals surface area contributed by atoms with Crippen molar-refractivity contribution in [3.63, 3.8) is 0 Å². The topological polar surface area (TPSA) is 74.5 Å². The minimum Gasteiger partial charge on any atom is -0.458 e. The highest BCUT2D eigenvalue weighted by molar-refractivity contribution is 9.10. The highest BCUT2D eigenvalue weighted by Crippen LogP contribution is 2.17. The van der Waals surface area contributed by atoms with Crippen molar-refractivity contribution in [3.8, 4) is 0 Å². The van der Waals surface area contributed by atoms with Gasteiger partial charge in [0.15, 0.2) is 0 Å². The Bertz CT molecular complexity index is 380. The molecule has 3 N–H and O–H groups in total. The first-order chi connectivity index (χ1) is 7.68. The van der Waals surface area contributed by atoms with Gasteiger partial charge < -0.3 is 20.2 Å². The van der Waals surface area contributed by atoms with Gasteiger partial charge in [-0.2, -0.15) is 0 Å². The van der Waals surface area contributed by atoms with E-state index in [4.69, 9.17) is 4.42 Å². The molecule has 88 valence electrons. The number of carbonyl (C=O) groups excluding carboxylic acids is 1. The Hall–Kier alpha value is -0.850. The van der Waals surface area contributed by atoms with Crippen molar-refractivity contribution in [3.05, 3.63) is 22.6 Å². The van der Waals surface area contributed by atoms with E-state index >= 15 is 0 Å². The second-order valence-corrected chi connectivity index (χ2v) is 4.65. The van der Waals surface area contributed by atoms with Crippen molar-refractivity contribution in [2.75, 3.05) is 19.6 Å². The maximum Gasteiger partial charge on any atom is 0.288 e. The summed E-state index contributed by atoms with van der Waals surface area (Å²) in [7, 11) is 0. The summed E-state index contributed by atoms with van der Waals surface area (Å²) in [6.45, 7) is 1.76. The van der Waals surface area contributed by atoms with Crippen LogP contribution in [0.4, 0.5) is 0 Å². The van der Waals surface area contributed by atoms with Gasteiger partial charge in [-0.25, -0.2) is 0 Å². The average Bonchev–Trinajstić information content (AvgIpc) is 2.84. The minimum atomic E-state index is -0.389. The largest absolute Gasteiger partial charge is 0.458 e. The molecule has 0 saturated carbocycles. The molecule has 1 saturated heterocycles. The quantitative estimate of drug-likeness (QED) is 0.751. The molecule has 1 aliphatic rings. The molecule has 0 spiro atoms. The zero-order valence-corrected chi connectivity index (χ0v) is 10.2. The van der Waals surface area contributed by atoms with Gasteiger partial charge >= 0.3 is 0 Å². The molecule has 0 aromatic carbocycles. The van der Waals surface area contributed by atoms with Gasteiger partial charge in [0.2, 0.25) is 5.76 Å². The summed E-state index contributed by atoms with van der Waals surface area (Å²) in [6.07, 6.45) is 1.06. The molecule has 16 heavy (non-hydrogen) atoms. The molecule has 6 heteroatoms. The Morgan fingerprint density at radius 3 is 3.06 bits per heavy atom. The second kappa shape index (κ2) is 4.99. The number of hydrogen-bond donors (Lipinski definition) is 3. The number of aliphatic hydroxyl groups is 1. The Morgan fingerprint density at radius 1 is 1.69 bits per heavy atom. The summed E-state index contributed by atoms with van der Waals surface area (Å²) < 4.78 is 5.67. The van der Waals surface area contributed by atoms with E-state index in [9.17, 15) is 9.90 Å². The Morgan fingerprint density at radius 2 is 2.50 bits per heavy atom. The van der Waals surface area contributed by atoms with Crippen LogP contribution >= 0.6 is 15.9 Å². The highest BCUT2D eigenvalue weighted by atomic mass is 79.9. The van der Waals surface area contributed by atoms with Crippen LogP contribution in [-0.2, 0) is 0 Å². The van der Waals surface area contributed by atoms with E-state index in [0.29, 0.717) is 17.6 Å². The normalized spacial score (nSPS) is 24.6. The smallest absolute Gasteiger partial charge is 0.288 e. The van der Waals surface area contributed by atoms with Gasteiger partial charge in [-0.1, -0.05) is 0 Å². The van der Waals surface area contributed by atoms with E-state index in [1.165, 1.54) is 6.26 Å². The van der Waals surface area contributed by atoms with Crippen LogP contribution in [0.5, 0.6) is 0 Å². The van der Waals surface area contributed by atoms with Crippen molar-refractivity contribution < 1.29 is 14.3 Å². The molecule has 1 aromatic rings. The summed E-state index contributed by atoms with van der Waals surface area (Å²) in [5.41, 5.74) is 0. The summed E-state index contributed by atoms with van der Waals surface area (Å²) in [4.78, 5) is 11.7. The lowest BCUT2D eigenvalue weighted by atomic mass is 10.1. The highest BCUT2D eigenvalue weighted by Gasteiger charge is 2.25. The molecule has 0 aliphatic carbocycles. The molecule has 0 radical (unpaired) electrons. The molecule has 2 unspecified atom stereocenters. The summed E-state index contributed by atoms with van der Waals surface area (Å²) in [6, 6.07) is 1.67. The fourth-order valence-electron chi connectivity index (χ4n) is 1.69. The van der Waals surface area contributed by atoms with Gasteiger partial charge in [-0.05, 0) is 22.0 Å². The van der Waals surface area contributed by atoms with E-state index in [1.54, 1.807) is 6.07 Å². The fourth-order valence-corrected chi connectivity index (χ4v) is 2.07. The molecule has 0 bridgehead atoms. The number of β-amino-alcohol motifs (C(OH)–C–C–N with tert-alkyl or cyclic N) is 1. The second-order valence-electron chi connectivity index (χ2n) is 3.79. The number of furan rings is 1. The first kappa shape index (κ1) is 11.6. The van der Waals surface area contributed by atoms with Crippen LogP contribution in [0.15, 0.2) is 21.2 Å². The molecule has 1 amide bonds. The molecule has 1 aromatic heterocycles. The SMILES string of the molecule is O=C(NCC1CNCC1O)c1occc1Br. The molecule has 1 aliphatic heterocycles. The van der Waals surface area contributed by atoms with Gasteiger partial charge in [0.1, 0.15) is 0 Å². The molecular formula is C10H13BrN2O3. The van der Waals surface area contributed by atoms with E-state index < -0.39 is 0 Å². The van der Waals surface area contributed by atoms with Crippen LogP contribution in [0.1, 0.15) is 10.6 Å². The van der Waals surface area contributed by atoms with Crippen LogP contribution in [0.2, 0.25) is 0 Å². The maximum absolute atomic E-state index is 11.7. The summed E-state index contributed by atoms with van der Waals surface area (Å²) in [5.74, 6) is 0.0640. The molecule has 5 nitrogen and oxygen atoms in total. The van der Waals surface area contributed by atoms with Gasteiger partial charge in [0.25, 0.3) is 5.91 Å². The van der Waals surface area contributed by atoms with E-state index in [-0.39, 0.29) is 23.7 Å². The first-order valence-corrected chi connectivity index (χ1v) is 5.87. The summed E-state index contributed by atoms with van der Waals surface area (Å²) >= 11 is 3.22. The number of nitrogens with one attached hydrogen (secondary N) is 2. The lowest BCUT2D eigenvalue weighted by Crippen LogP contribution is -2.34. The Labute approximate surface area is 101 Å². The standard InChI is InChI=1S/C10H13BrN2O3/c11-7-1-2-16-9(7)10(15)13-4-6-3-12-5-8(6)14/h1-2,6,8,12,14H,3-5H2,(H,13,15). The van der Waals surface area contributed by atoms with Crippen LogP contribution in [0, 0.1) is 5.92 Å². The van der Waals surface area contributed by atoms with Gasteiger partial charge in [-0.15, -0.1) is 0 Å². The Balaban J connectivity index is 1.86. The van der Waals surface area contributed by atoms with Gasteiger partial charge in [-0.3, -0.25) is 4.79 Å². The lowest BCUT2D eigenvalue weighted by Gasteiger charge is -2.13. The molecule has 1 fully saturated rings. The Kier molecular flexibility index (Phi) is 3.63. The predicted molar refractivity (Wildman–Crippen MR) is 61.1 cm³/mol. The third-order valence-electron chi connectivity index (χ3n) is 2.65. The average molecular weight is 289 g/mol. The number of carbonyl (C=O) groups is 1.